The molecule has 1 fully saturated rings. The van der Waals surface area contributed by atoms with Crippen LogP contribution in [0.25, 0.3) is 0 Å². The fraction of sp³-hybridized carbons (Fsp3) is 0.455. The summed E-state index contributed by atoms with van der Waals surface area (Å²) in [7, 11) is 0. The van der Waals surface area contributed by atoms with Gasteiger partial charge in [0, 0.05) is 9.85 Å². The molecule has 3 heteroatoms. The van der Waals surface area contributed by atoms with Gasteiger partial charge in [-0.25, -0.2) is 0 Å². The Bertz CT molecular complexity index is 310. The maximum atomic E-state index is 5.87. The summed E-state index contributed by atoms with van der Waals surface area (Å²) in [5.74, 6) is 0. The number of benzene rings is 1. The van der Waals surface area contributed by atoms with E-state index in [9.17, 15) is 0 Å². The summed E-state index contributed by atoms with van der Waals surface area (Å²) in [4.78, 5) is 0. The molecule has 0 radical (unpaired) electrons. The summed E-state index contributed by atoms with van der Waals surface area (Å²) in [6.45, 7) is 0.676. The first kappa shape index (κ1) is 10.5. The fourth-order valence-corrected chi connectivity index (χ4v) is 2.26. The Labute approximate surface area is 97.5 Å². The quantitative estimate of drug-likeness (QED) is 0.764. The van der Waals surface area contributed by atoms with Crippen molar-refractivity contribution in [3.63, 3.8) is 0 Å². The van der Waals surface area contributed by atoms with Gasteiger partial charge in [-0.05, 0) is 24.5 Å². The number of rotatable bonds is 3. The Morgan fingerprint density at radius 3 is 2.71 bits per heavy atom. The predicted molar refractivity (Wildman–Crippen MR) is 61.6 cm³/mol. The number of halogens is 2. The second-order valence-electron chi connectivity index (χ2n) is 3.59. The molecule has 0 atom stereocenters. The molecule has 0 heterocycles. The van der Waals surface area contributed by atoms with Crippen LogP contribution >= 0.6 is 27.5 Å². The molecule has 0 unspecified atom stereocenters. The monoisotopic (exact) mass is 274 g/mol. The van der Waals surface area contributed by atoms with Gasteiger partial charge in [-0.3, -0.25) is 0 Å². The van der Waals surface area contributed by atoms with E-state index in [1.165, 1.54) is 5.56 Å². The molecule has 0 aromatic heterocycles. The molecule has 0 N–H and O–H groups in total. The number of hydrogen-bond acceptors (Lipinski definition) is 1. The smallest absolute Gasteiger partial charge is 0.0731 e. The molecular formula is C11H12BrClO. The molecule has 1 saturated carbocycles. The van der Waals surface area contributed by atoms with Crippen LogP contribution in [0.2, 0.25) is 0 Å². The van der Waals surface area contributed by atoms with Crippen molar-refractivity contribution in [3.05, 3.63) is 34.3 Å². The first-order valence-electron chi connectivity index (χ1n) is 4.75. The Morgan fingerprint density at radius 1 is 1.36 bits per heavy atom. The summed E-state index contributed by atoms with van der Waals surface area (Å²) in [5.41, 5.74) is 1.20. The number of alkyl halides is 1. The van der Waals surface area contributed by atoms with Gasteiger partial charge in [0.2, 0.25) is 0 Å². The van der Waals surface area contributed by atoms with Crippen molar-refractivity contribution in [3.8, 4) is 0 Å². The zero-order valence-corrected chi connectivity index (χ0v) is 10.1. The highest BCUT2D eigenvalue weighted by molar-refractivity contribution is 9.10. The highest BCUT2D eigenvalue weighted by Gasteiger charge is 2.27. The van der Waals surface area contributed by atoms with Gasteiger partial charge < -0.3 is 4.74 Å². The maximum absolute atomic E-state index is 5.87. The standard InChI is InChI=1S/C11H12BrClO/c12-11-4-2-1-3-8(11)7-14-10-5-9(13)6-10/h1-4,9-10H,5-7H2. The maximum Gasteiger partial charge on any atom is 0.0731 e. The lowest BCUT2D eigenvalue weighted by atomic mass is 9.95. The van der Waals surface area contributed by atoms with E-state index < -0.39 is 0 Å². The van der Waals surface area contributed by atoms with Gasteiger partial charge in [-0.1, -0.05) is 34.1 Å². The SMILES string of the molecule is ClC1CC(OCc2ccccc2Br)C1. The first-order valence-corrected chi connectivity index (χ1v) is 5.97. The van der Waals surface area contributed by atoms with Gasteiger partial charge in [-0.2, -0.15) is 0 Å². The molecule has 0 saturated heterocycles. The van der Waals surface area contributed by atoms with Crippen molar-refractivity contribution in [2.45, 2.75) is 30.9 Å². The highest BCUT2D eigenvalue weighted by atomic mass is 79.9. The molecule has 0 amide bonds. The summed E-state index contributed by atoms with van der Waals surface area (Å²) in [6, 6.07) is 8.13. The lowest BCUT2D eigenvalue weighted by Gasteiger charge is -2.30. The van der Waals surface area contributed by atoms with Gasteiger partial charge in [0.25, 0.3) is 0 Å². The average molecular weight is 276 g/mol. The van der Waals surface area contributed by atoms with Crippen LogP contribution in [0.3, 0.4) is 0 Å². The summed E-state index contributed by atoms with van der Waals surface area (Å²) in [5, 5.41) is 0.333. The molecule has 1 aliphatic rings. The normalized spacial score (nSPS) is 25.9. The Balaban J connectivity index is 1.83. The van der Waals surface area contributed by atoms with E-state index in [0.717, 1.165) is 17.3 Å². The van der Waals surface area contributed by atoms with E-state index in [2.05, 4.69) is 22.0 Å². The van der Waals surface area contributed by atoms with Crippen LogP contribution < -0.4 is 0 Å². The van der Waals surface area contributed by atoms with Crippen molar-refractivity contribution in [2.75, 3.05) is 0 Å². The van der Waals surface area contributed by atoms with Crippen LogP contribution in [0.4, 0.5) is 0 Å². The number of ether oxygens (including phenoxy) is 1. The van der Waals surface area contributed by atoms with Crippen molar-refractivity contribution < 1.29 is 4.74 Å². The molecular weight excluding hydrogens is 263 g/mol. The van der Waals surface area contributed by atoms with Crippen LogP contribution in [0, 0.1) is 0 Å². The third-order valence-corrected chi connectivity index (χ3v) is 3.60. The summed E-state index contributed by atoms with van der Waals surface area (Å²) < 4.78 is 6.81. The number of hydrogen-bond donors (Lipinski definition) is 0. The molecule has 0 aliphatic heterocycles. The van der Waals surface area contributed by atoms with E-state index in [1.807, 2.05) is 18.2 Å². The minimum atomic E-state index is 0.333. The van der Waals surface area contributed by atoms with Crippen molar-refractivity contribution in [1.82, 2.24) is 0 Å². The van der Waals surface area contributed by atoms with E-state index in [4.69, 9.17) is 16.3 Å². The summed E-state index contributed by atoms with van der Waals surface area (Å²) >= 11 is 9.36. The lowest BCUT2D eigenvalue weighted by Crippen LogP contribution is -2.31. The Morgan fingerprint density at radius 2 is 2.07 bits per heavy atom. The Hall–Kier alpha value is -0.0500. The molecule has 0 bridgehead atoms. The fourth-order valence-electron chi connectivity index (χ4n) is 1.46. The molecule has 1 aromatic carbocycles. The second-order valence-corrected chi connectivity index (χ2v) is 5.06. The van der Waals surface area contributed by atoms with Crippen molar-refractivity contribution in [1.29, 1.82) is 0 Å². The predicted octanol–water partition coefficient (Wildman–Crippen LogP) is 3.74. The minimum absolute atomic E-state index is 0.333. The van der Waals surface area contributed by atoms with Gasteiger partial charge in [-0.15, -0.1) is 11.6 Å². The molecule has 0 spiro atoms. The van der Waals surface area contributed by atoms with Crippen molar-refractivity contribution in [2.24, 2.45) is 0 Å². The lowest BCUT2D eigenvalue weighted by molar-refractivity contribution is -0.00645. The van der Waals surface area contributed by atoms with Crippen LogP contribution in [0.5, 0.6) is 0 Å². The Kier molecular flexibility index (Phi) is 3.47. The third kappa shape index (κ3) is 2.50. The zero-order chi connectivity index (χ0) is 9.97. The van der Waals surface area contributed by atoms with Gasteiger partial charge in [0.1, 0.15) is 0 Å². The molecule has 76 valence electrons. The minimum Gasteiger partial charge on any atom is -0.373 e. The molecule has 2 rings (SSSR count). The van der Waals surface area contributed by atoms with Crippen LogP contribution in [0.15, 0.2) is 28.7 Å². The zero-order valence-electron chi connectivity index (χ0n) is 7.75. The van der Waals surface area contributed by atoms with E-state index in [-0.39, 0.29) is 0 Å². The molecule has 1 aliphatic carbocycles. The van der Waals surface area contributed by atoms with Crippen molar-refractivity contribution >= 4 is 27.5 Å². The van der Waals surface area contributed by atoms with Gasteiger partial charge >= 0.3 is 0 Å². The van der Waals surface area contributed by atoms with Gasteiger partial charge in [0.05, 0.1) is 12.7 Å². The summed E-state index contributed by atoms with van der Waals surface area (Å²) in [6.07, 6.45) is 2.35. The van der Waals surface area contributed by atoms with E-state index >= 15 is 0 Å². The second kappa shape index (κ2) is 4.65. The van der Waals surface area contributed by atoms with E-state index in [0.29, 0.717) is 18.1 Å². The molecule has 14 heavy (non-hydrogen) atoms. The van der Waals surface area contributed by atoms with E-state index in [1.54, 1.807) is 0 Å². The molecule has 1 aromatic rings. The first-order chi connectivity index (χ1) is 6.75. The largest absolute Gasteiger partial charge is 0.373 e. The van der Waals surface area contributed by atoms with Crippen LogP contribution in [-0.2, 0) is 11.3 Å². The van der Waals surface area contributed by atoms with Crippen LogP contribution in [-0.4, -0.2) is 11.5 Å². The van der Waals surface area contributed by atoms with Crippen LogP contribution in [0.1, 0.15) is 18.4 Å². The molecule has 1 nitrogen and oxygen atoms in total. The highest BCUT2D eigenvalue weighted by Crippen LogP contribution is 2.29. The van der Waals surface area contributed by atoms with Gasteiger partial charge in [0.15, 0.2) is 0 Å². The average Bonchev–Trinajstić information content (AvgIpc) is 2.13. The third-order valence-electron chi connectivity index (χ3n) is 2.47. The topological polar surface area (TPSA) is 9.23 Å².